The maximum atomic E-state index is 5.79. The monoisotopic (exact) mass is 238 g/mol. The molecule has 0 bridgehead atoms. The molecular weight excluding hydrogens is 216 g/mol. The van der Waals surface area contributed by atoms with Crippen LogP contribution in [0.4, 0.5) is 5.69 Å². The fourth-order valence-electron chi connectivity index (χ4n) is 1.65. The van der Waals surface area contributed by atoms with Crippen molar-refractivity contribution in [1.29, 1.82) is 0 Å². The number of methoxy groups -OCH3 is 2. The Hall–Kier alpha value is -1.26. The standard InChI is InChI=1S/C13H22N2O2/c1-10-5-6-11(17-4)7-12(10)15-13(2,8-14)9-16-3/h5-7,15H,8-9,14H2,1-4H3. The molecule has 0 aliphatic heterocycles. The molecule has 0 fully saturated rings. The highest BCUT2D eigenvalue weighted by Crippen LogP contribution is 2.24. The first-order valence-electron chi connectivity index (χ1n) is 5.66. The van der Waals surface area contributed by atoms with E-state index in [0.717, 1.165) is 17.0 Å². The zero-order chi connectivity index (χ0) is 12.9. The van der Waals surface area contributed by atoms with Gasteiger partial charge in [-0.3, -0.25) is 0 Å². The molecule has 0 aliphatic rings. The van der Waals surface area contributed by atoms with Gasteiger partial charge < -0.3 is 20.5 Å². The number of benzene rings is 1. The predicted octanol–water partition coefficient (Wildman–Crippen LogP) is 1.78. The van der Waals surface area contributed by atoms with E-state index in [-0.39, 0.29) is 5.54 Å². The second kappa shape index (κ2) is 5.89. The van der Waals surface area contributed by atoms with Gasteiger partial charge in [0.05, 0.1) is 19.3 Å². The number of aryl methyl sites for hydroxylation is 1. The quantitative estimate of drug-likeness (QED) is 0.793. The van der Waals surface area contributed by atoms with Crippen molar-refractivity contribution in [3.8, 4) is 5.75 Å². The molecule has 1 aromatic rings. The summed E-state index contributed by atoms with van der Waals surface area (Å²) in [5, 5.41) is 3.42. The van der Waals surface area contributed by atoms with E-state index in [0.29, 0.717) is 13.2 Å². The van der Waals surface area contributed by atoms with Gasteiger partial charge in [-0.25, -0.2) is 0 Å². The molecule has 0 saturated heterocycles. The maximum Gasteiger partial charge on any atom is 0.120 e. The van der Waals surface area contributed by atoms with E-state index in [1.165, 1.54) is 0 Å². The summed E-state index contributed by atoms with van der Waals surface area (Å²) in [4.78, 5) is 0. The summed E-state index contributed by atoms with van der Waals surface area (Å²) >= 11 is 0. The van der Waals surface area contributed by atoms with Gasteiger partial charge in [-0.05, 0) is 25.5 Å². The SMILES string of the molecule is COCC(C)(CN)Nc1cc(OC)ccc1C. The molecule has 4 heteroatoms. The average Bonchev–Trinajstić information content (AvgIpc) is 2.32. The third-order valence-corrected chi connectivity index (χ3v) is 2.79. The molecule has 1 atom stereocenters. The van der Waals surface area contributed by atoms with E-state index in [1.54, 1.807) is 14.2 Å². The van der Waals surface area contributed by atoms with Crippen molar-refractivity contribution in [2.45, 2.75) is 19.4 Å². The van der Waals surface area contributed by atoms with E-state index in [4.69, 9.17) is 15.2 Å². The number of nitrogens with one attached hydrogen (secondary N) is 1. The van der Waals surface area contributed by atoms with Crippen molar-refractivity contribution in [2.24, 2.45) is 5.73 Å². The molecule has 0 aromatic heterocycles. The molecule has 1 unspecified atom stereocenters. The lowest BCUT2D eigenvalue weighted by atomic mass is 10.0. The highest BCUT2D eigenvalue weighted by atomic mass is 16.5. The van der Waals surface area contributed by atoms with Crippen LogP contribution in [0.2, 0.25) is 0 Å². The maximum absolute atomic E-state index is 5.79. The van der Waals surface area contributed by atoms with Crippen molar-refractivity contribution < 1.29 is 9.47 Å². The van der Waals surface area contributed by atoms with Crippen molar-refractivity contribution >= 4 is 5.69 Å². The first-order chi connectivity index (χ1) is 8.04. The van der Waals surface area contributed by atoms with Crippen LogP contribution in [0.1, 0.15) is 12.5 Å². The van der Waals surface area contributed by atoms with Crippen LogP contribution in [-0.4, -0.2) is 32.9 Å². The van der Waals surface area contributed by atoms with E-state index in [2.05, 4.69) is 5.32 Å². The normalized spacial score (nSPS) is 14.2. The second-order valence-electron chi connectivity index (χ2n) is 4.50. The molecular formula is C13H22N2O2. The molecule has 0 heterocycles. The minimum atomic E-state index is -0.272. The molecule has 0 spiro atoms. The highest BCUT2D eigenvalue weighted by Gasteiger charge is 2.22. The Bertz CT molecular complexity index is 368. The Kier molecular flexibility index (Phi) is 4.78. The Morgan fingerprint density at radius 3 is 2.59 bits per heavy atom. The summed E-state index contributed by atoms with van der Waals surface area (Å²) < 4.78 is 10.4. The van der Waals surface area contributed by atoms with Gasteiger partial charge in [0.25, 0.3) is 0 Å². The van der Waals surface area contributed by atoms with Crippen LogP contribution in [0.15, 0.2) is 18.2 Å². The van der Waals surface area contributed by atoms with Crippen LogP contribution >= 0.6 is 0 Å². The van der Waals surface area contributed by atoms with Gasteiger partial charge >= 0.3 is 0 Å². The van der Waals surface area contributed by atoms with Gasteiger partial charge in [0.15, 0.2) is 0 Å². The molecule has 0 aliphatic carbocycles. The second-order valence-corrected chi connectivity index (χ2v) is 4.50. The molecule has 3 N–H and O–H groups in total. The fraction of sp³-hybridized carbons (Fsp3) is 0.538. The zero-order valence-corrected chi connectivity index (χ0v) is 11.0. The van der Waals surface area contributed by atoms with Crippen LogP contribution in [0.3, 0.4) is 0 Å². The number of ether oxygens (including phenoxy) is 2. The Morgan fingerprint density at radius 2 is 2.06 bits per heavy atom. The first-order valence-corrected chi connectivity index (χ1v) is 5.66. The Labute approximate surface area is 103 Å². The topological polar surface area (TPSA) is 56.5 Å². The fourth-order valence-corrected chi connectivity index (χ4v) is 1.65. The van der Waals surface area contributed by atoms with E-state index in [9.17, 15) is 0 Å². The highest BCUT2D eigenvalue weighted by molar-refractivity contribution is 5.56. The molecule has 0 saturated carbocycles. The third-order valence-electron chi connectivity index (χ3n) is 2.79. The molecule has 0 amide bonds. The minimum absolute atomic E-state index is 0.272. The molecule has 17 heavy (non-hydrogen) atoms. The van der Waals surface area contributed by atoms with E-state index >= 15 is 0 Å². The summed E-state index contributed by atoms with van der Waals surface area (Å²) in [6, 6.07) is 5.93. The van der Waals surface area contributed by atoms with E-state index < -0.39 is 0 Å². The summed E-state index contributed by atoms with van der Waals surface area (Å²) in [5.41, 5.74) is 7.69. The summed E-state index contributed by atoms with van der Waals surface area (Å²) in [7, 11) is 3.33. The lowest BCUT2D eigenvalue weighted by Gasteiger charge is -2.30. The average molecular weight is 238 g/mol. The number of hydrogen-bond acceptors (Lipinski definition) is 4. The van der Waals surface area contributed by atoms with E-state index in [1.807, 2.05) is 32.0 Å². The van der Waals surface area contributed by atoms with Crippen molar-refractivity contribution in [3.05, 3.63) is 23.8 Å². The smallest absolute Gasteiger partial charge is 0.120 e. The summed E-state index contributed by atoms with van der Waals surface area (Å²) in [5.74, 6) is 0.829. The lowest BCUT2D eigenvalue weighted by molar-refractivity contribution is 0.153. The van der Waals surface area contributed by atoms with Gasteiger partial charge in [0.1, 0.15) is 5.75 Å². The van der Waals surface area contributed by atoms with Crippen LogP contribution in [0, 0.1) is 6.92 Å². The van der Waals surface area contributed by atoms with Crippen LogP contribution in [-0.2, 0) is 4.74 Å². The molecule has 1 aromatic carbocycles. The molecule has 1 rings (SSSR count). The number of anilines is 1. The largest absolute Gasteiger partial charge is 0.497 e. The Balaban J connectivity index is 2.92. The van der Waals surface area contributed by atoms with Gasteiger partial charge in [0, 0.05) is 25.4 Å². The van der Waals surface area contributed by atoms with Gasteiger partial charge in [-0.15, -0.1) is 0 Å². The van der Waals surface area contributed by atoms with Gasteiger partial charge in [0.2, 0.25) is 0 Å². The molecule has 4 nitrogen and oxygen atoms in total. The van der Waals surface area contributed by atoms with Crippen molar-refractivity contribution in [1.82, 2.24) is 0 Å². The summed E-state index contributed by atoms with van der Waals surface area (Å²) in [6.45, 7) is 5.14. The van der Waals surface area contributed by atoms with Crippen molar-refractivity contribution in [2.75, 3.05) is 32.7 Å². The molecule has 0 radical (unpaired) electrons. The minimum Gasteiger partial charge on any atom is -0.497 e. The molecule has 96 valence electrons. The van der Waals surface area contributed by atoms with Crippen LogP contribution in [0.5, 0.6) is 5.75 Å². The van der Waals surface area contributed by atoms with Crippen LogP contribution in [0.25, 0.3) is 0 Å². The van der Waals surface area contributed by atoms with Gasteiger partial charge in [-0.2, -0.15) is 0 Å². The van der Waals surface area contributed by atoms with Crippen LogP contribution < -0.4 is 15.8 Å². The number of rotatable bonds is 6. The van der Waals surface area contributed by atoms with Gasteiger partial charge in [-0.1, -0.05) is 6.07 Å². The summed E-state index contributed by atoms with van der Waals surface area (Å²) in [6.07, 6.45) is 0. The zero-order valence-electron chi connectivity index (χ0n) is 11.0. The third kappa shape index (κ3) is 3.61. The number of hydrogen-bond donors (Lipinski definition) is 2. The van der Waals surface area contributed by atoms with Crippen molar-refractivity contribution in [3.63, 3.8) is 0 Å². The Morgan fingerprint density at radius 1 is 1.35 bits per heavy atom. The number of nitrogens with two attached hydrogens (primary N) is 1. The lowest BCUT2D eigenvalue weighted by Crippen LogP contribution is -2.46. The first kappa shape index (κ1) is 13.8. The predicted molar refractivity (Wildman–Crippen MR) is 70.7 cm³/mol.